The first-order valence-corrected chi connectivity index (χ1v) is 9.47. The number of sulfone groups is 1. The number of hydrogen-bond acceptors (Lipinski definition) is 4. The summed E-state index contributed by atoms with van der Waals surface area (Å²) in [4.78, 5) is 14.1. The second kappa shape index (κ2) is 7.41. The lowest BCUT2D eigenvalue weighted by atomic mass is 9.89. The van der Waals surface area contributed by atoms with Gasteiger partial charge in [-0.2, -0.15) is 0 Å². The number of carbonyl (C=O) groups is 1. The average molecular weight is 304 g/mol. The van der Waals surface area contributed by atoms with Gasteiger partial charge in [-0.05, 0) is 37.5 Å². The molecule has 1 fully saturated rings. The SMILES string of the molecule is CC(C)C[C@@H]1CCCN(C(=O)[C@H](N)CCS(C)(=O)=O)C1. The molecular formula is C14H28N2O3S. The molecule has 2 atom stereocenters. The molecule has 0 spiro atoms. The van der Waals surface area contributed by atoms with E-state index >= 15 is 0 Å². The second-order valence-corrected chi connectivity index (χ2v) is 8.71. The van der Waals surface area contributed by atoms with E-state index in [1.807, 2.05) is 4.90 Å². The zero-order chi connectivity index (χ0) is 15.3. The first kappa shape index (κ1) is 17.4. The van der Waals surface area contributed by atoms with Crippen LogP contribution in [0.5, 0.6) is 0 Å². The van der Waals surface area contributed by atoms with Gasteiger partial charge in [-0.15, -0.1) is 0 Å². The highest BCUT2D eigenvalue weighted by atomic mass is 32.2. The third-order valence-corrected chi connectivity index (χ3v) is 4.73. The highest BCUT2D eigenvalue weighted by molar-refractivity contribution is 7.90. The molecule has 0 bridgehead atoms. The summed E-state index contributed by atoms with van der Waals surface area (Å²) in [7, 11) is -3.06. The van der Waals surface area contributed by atoms with E-state index < -0.39 is 15.9 Å². The smallest absolute Gasteiger partial charge is 0.239 e. The minimum atomic E-state index is -3.06. The van der Waals surface area contributed by atoms with Crippen molar-refractivity contribution in [3.05, 3.63) is 0 Å². The van der Waals surface area contributed by atoms with Gasteiger partial charge in [0.15, 0.2) is 0 Å². The standard InChI is InChI=1S/C14H28N2O3S/c1-11(2)9-12-5-4-7-16(10-12)14(17)13(15)6-8-20(3,18)19/h11-13H,4-10,15H2,1-3H3/t12-,13+/m0/s1. The van der Waals surface area contributed by atoms with Crippen molar-refractivity contribution in [1.82, 2.24) is 4.90 Å². The van der Waals surface area contributed by atoms with Crippen LogP contribution in [0.25, 0.3) is 0 Å². The van der Waals surface area contributed by atoms with Crippen LogP contribution in [-0.2, 0) is 14.6 Å². The van der Waals surface area contributed by atoms with Crippen LogP contribution in [0.3, 0.4) is 0 Å². The zero-order valence-electron chi connectivity index (χ0n) is 12.8. The molecule has 1 aliphatic rings. The molecule has 1 saturated heterocycles. The van der Waals surface area contributed by atoms with Crippen molar-refractivity contribution in [3.63, 3.8) is 0 Å². The normalized spacial score (nSPS) is 22.1. The third-order valence-electron chi connectivity index (χ3n) is 3.75. The lowest BCUT2D eigenvalue weighted by Gasteiger charge is -2.35. The molecule has 5 nitrogen and oxygen atoms in total. The topological polar surface area (TPSA) is 80.5 Å². The fourth-order valence-corrected chi connectivity index (χ4v) is 3.51. The Hall–Kier alpha value is -0.620. The van der Waals surface area contributed by atoms with Crippen LogP contribution in [0.2, 0.25) is 0 Å². The Bertz CT molecular complexity index is 420. The first-order valence-electron chi connectivity index (χ1n) is 7.41. The van der Waals surface area contributed by atoms with Gasteiger partial charge in [0.25, 0.3) is 0 Å². The molecule has 0 aromatic rings. The van der Waals surface area contributed by atoms with Gasteiger partial charge in [0, 0.05) is 19.3 Å². The predicted octanol–water partition coefficient (Wildman–Crippen LogP) is 1.03. The van der Waals surface area contributed by atoms with Crippen molar-refractivity contribution in [3.8, 4) is 0 Å². The van der Waals surface area contributed by atoms with E-state index in [0.717, 1.165) is 25.9 Å². The number of hydrogen-bond donors (Lipinski definition) is 1. The zero-order valence-corrected chi connectivity index (χ0v) is 13.7. The maximum absolute atomic E-state index is 12.3. The summed E-state index contributed by atoms with van der Waals surface area (Å²) in [6.45, 7) is 5.90. The van der Waals surface area contributed by atoms with Gasteiger partial charge >= 0.3 is 0 Å². The molecule has 1 rings (SSSR count). The maximum atomic E-state index is 12.3. The van der Waals surface area contributed by atoms with Crippen LogP contribution in [0.4, 0.5) is 0 Å². The van der Waals surface area contributed by atoms with Crippen molar-refractivity contribution in [2.24, 2.45) is 17.6 Å². The summed E-state index contributed by atoms with van der Waals surface area (Å²) in [6.07, 6.45) is 4.69. The summed E-state index contributed by atoms with van der Waals surface area (Å²) in [6, 6.07) is -0.692. The molecule has 20 heavy (non-hydrogen) atoms. The summed E-state index contributed by atoms with van der Waals surface area (Å²) < 4.78 is 22.3. The monoisotopic (exact) mass is 304 g/mol. The largest absolute Gasteiger partial charge is 0.341 e. The van der Waals surface area contributed by atoms with Crippen molar-refractivity contribution < 1.29 is 13.2 Å². The lowest BCUT2D eigenvalue weighted by molar-refractivity contribution is -0.134. The lowest BCUT2D eigenvalue weighted by Crippen LogP contribution is -2.48. The van der Waals surface area contributed by atoms with E-state index in [2.05, 4.69) is 13.8 Å². The van der Waals surface area contributed by atoms with Crippen LogP contribution in [0.1, 0.15) is 39.5 Å². The van der Waals surface area contributed by atoms with Gasteiger partial charge < -0.3 is 10.6 Å². The van der Waals surface area contributed by atoms with E-state index in [1.165, 1.54) is 12.7 Å². The molecule has 0 saturated carbocycles. The number of nitrogens with zero attached hydrogens (tertiary/aromatic N) is 1. The van der Waals surface area contributed by atoms with E-state index in [4.69, 9.17) is 5.73 Å². The molecule has 1 aliphatic heterocycles. The van der Waals surface area contributed by atoms with E-state index in [0.29, 0.717) is 11.8 Å². The van der Waals surface area contributed by atoms with Crippen molar-refractivity contribution in [2.45, 2.75) is 45.6 Å². The molecule has 2 N–H and O–H groups in total. The Balaban J connectivity index is 2.49. The van der Waals surface area contributed by atoms with Gasteiger partial charge in [0.2, 0.25) is 5.91 Å². The summed E-state index contributed by atoms with van der Waals surface area (Å²) >= 11 is 0. The molecule has 0 aromatic heterocycles. The molecule has 1 heterocycles. The summed E-state index contributed by atoms with van der Waals surface area (Å²) in [5, 5.41) is 0. The summed E-state index contributed by atoms with van der Waals surface area (Å²) in [5.41, 5.74) is 5.85. The quantitative estimate of drug-likeness (QED) is 0.795. The highest BCUT2D eigenvalue weighted by Crippen LogP contribution is 2.23. The Morgan fingerprint density at radius 2 is 2.05 bits per heavy atom. The average Bonchev–Trinajstić information content (AvgIpc) is 2.33. The minimum Gasteiger partial charge on any atom is -0.341 e. The van der Waals surface area contributed by atoms with E-state index in [-0.39, 0.29) is 18.1 Å². The maximum Gasteiger partial charge on any atom is 0.239 e. The third kappa shape index (κ3) is 6.22. The first-order chi connectivity index (χ1) is 9.19. The number of carbonyl (C=O) groups excluding carboxylic acids is 1. The van der Waals surface area contributed by atoms with Crippen LogP contribution in [0, 0.1) is 11.8 Å². The summed E-state index contributed by atoms with van der Waals surface area (Å²) in [5.74, 6) is 1.06. The number of piperidine rings is 1. The molecule has 0 aromatic carbocycles. The van der Waals surface area contributed by atoms with Crippen LogP contribution >= 0.6 is 0 Å². The molecule has 6 heteroatoms. The van der Waals surface area contributed by atoms with Crippen LogP contribution in [0.15, 0.2) is 0 Å². The number of likely N-dealkylation sites (tertiary alicyclic amines) is 1. The molecule has 0 unspecified atom stereocenters. The number of amides is 1. The molecule has 118 valence electrons. The van der Waals surface area contributed by atoms with Gasteiger partial charge in [0.1, 0.15) is 9.84 Å². The Morgan fingerprint density at radius 3 is 2.60 bits per heavy atom. The van der Waals surface area contributed by atoms with Crippen molar-refractivity contribution in [1.29, 1.82) is 0 Å². The van der Waals surface area contributed by atoms with Crippen molar-refractivity contribution >= 4 is 15.7 Å². The molecular weight excluding hydrogens is 276 g/mol. The fourth-order valence-electron chi connectivity index (χ4n) is 2.82. The van der Waals surface area contributed by atoms with Crippen LogP contribution in [-0.4, -0.2) is 50.4 Å². The van der Waals surface area contributed by atoms with Gasteiger partial charge in [0.05, 0.1) is 11.8 Å². The number of nitrogens with two attached hydrogens (primary N) is 1. The van der Waals surface area contributed by atoms with Gasteiger partial charge in [-0.1, -0.05) is 13.8 Å². The van der Waals surface area contributed by atoms with E-state index in [9.17, 15) is 13.2 Å². The minimum absolute atomic E-state index is 0.0246. The molecule has 0 aliphatic carbocycles. The van der Waals surface area contributed by atoms with Gasteiger partial charge in [-0.3, -0.25) is 4.79 Å². The van der Waals surface area contributed by atoms with Crippen LogP contribution < -0.4 is 5.73 Å². The van der Waals surface area contributed by atoms with Gasteiger partial charge in [-0.25, -0.2) is 8.42 Å². The Labute approximate surface area is 122 Å². The van der Waals surface area contributed by atoms with Crippen molar-refractivity contribution in [2.75, 3.05) is 25.1 Å². The number of rotatable bonds is 6. The molecule has 0 radical (unpaired) electrons. The van der Waals surface area contributed by atoms with E-state index in [1.54, 1.807) is 0 Å². The Morgan fingerprint density at radius 1 is 1.40 bits per heavy atom. The fraction of sp³-hybridized carbons (Fsp3) is 0.929. The Kier molecular flexibility index (Phi) is 6.45. The second-order valence-electron chi connectivity index (χ2n) is 6.45. The highest BCUT2D eigenvalue weighted by Gasteiger charge is 2.27. The molecule has 1 amide bonds. The predicted molar refractivity (Wildman–Crippen MR) is 81.1 cm³/mol.